The molecule has 3 rings (SSSR count). The lowest BCUT2D eigenvalue weighted by Gasteiger charge is -2.47. The first-order valence-electron chi connectivity index (χ1n) is 6.93. The molecule has 120 valence electrons. The van der Waals surface area contributed by atoms with Crippen molar-refractivity contribution in [3.63, 3.8) is 0 Å². The highest BCUT2D eigenvalue weighted by atomic mass is 32.2. The van der Waals surface area contributed by atoms with Crippen LogP contribution in [-0.4, -0.2) is 73.0 Å². The first-order valence-corrected chi connectivity index (χ1v) is 8.78. The molecule has 0 bridgehead atoms. The van der Waals surface area contributed by atoms with Crippen LogP contribution in [-0.2, 0) is 10.0 Å². The second-order valence-electron chi connectivity index (χ2n) is 5.95. The van der Waals surface area contributed by atoms with Crippen LogP contribution in [0.3, 0.4) is 0 Å². The third-order valence-electron chi connectivity index (χ3n) is 4.27. The van der Waals surface area contributed by atoms with Gasteiger partial charge in [0.15, 0.2) is 5.75 Å². The number of methoxy groups -OCH3 is 1. The van der Waals surface area contributed by atoms with Crippen molar-refractivity contribution in [3.8, 4) is 5.75 Å². The zero-order valence-corrected chi connectivity index (χ0v) is 13.3. The highest BCUT2D eigenvalue weighted by Crippen LogP contribution is 2.40. The molecule has 3 heterocycles. The summed E-state index contributed by atoms with van der Waals surface area (Å²) in [6.45, 7) is 2.11. The largest absolute Gasteiger partial charge is 0.494 e. The van der Waals surface area contributed by atoms with E-state index in [1.807, 2.05) is 0 Å². The Morgan fingerprint density at radius 2 is 1.91 bits per heavy atom. The number of likely N-dealkylation sites (tertiary alicyclic amines) is 1. The van der Waals surface area contributed by atoms with Gasteiger partial charge < -0.3 is 9.64 Å². The van der Waals surface area contributed by atoms with Gasteiger partial charge in [-0.25, -0.2) is 22.7 Å². The minimum absolute atomic E-state index is 0.106. The summed E-state index contributed by atoms with van der Waals surface area (Å²) in [5, 5.41) is 0. The van der Waals surface area contributed by atoms with Crippen molar-refractivity contribution in [2.45, 2.75) is 6.42 Å². The molecule has 0 N–H and O–H groups in total. The van der Waals surface area contributed by atoms with Crippen molar-refractivity contribution < 1.29 is 17.9 Å². The molecule has 0 radical (unpaired) electrons. The average Bonchev–Trinajstić information content (AvgIpc) is 2.90. The van der Waals surface area contributed by atoms with Crippen LogP contribution in [0.2, 0.25) is 0 Å². The maximum absolute atomic E-state index is 12.3. The van der Waals surface area contributed by atoms with Gasteiger partial charge in [0.2, 0.25) is 15.8 Å². The van der Waals surface area contributed by atoms with Crippen LogP contribution in [0.1, 0.15) is 17.0 Å². The summed E-state index contributed by atoms with van der Waals surface area (Å²) in [5.74, 6) is 0.399. The van der Waals surface area contributed by atoms with E-state index in [2.05, 4.69) is 9.97 Å². The molecule has 0 unspecified atom stereocenters. The number of aromatic nitrogens is 2. The molecular weight excluding hydrogens is 308 g/mol. The van der Waals surface area contributed by atoms with Gasteiger partial charge in [-0.15, -0.1) is 0 Å². The number of carbonyl (C=O) groups excluding carboxylic acids is 1. The minimum atomic E-state index is -3.16. The van der Waals surface area contributed by atoms with Crippen LogP contribution in [0, 0.1) is 5.41 Å². The smallest absolute Gasteiger partial charge is 0.291 e. The molecule has 9 heteroatoms. The second kappa shape index (κ2) is 5.17. The fourth-order valence-corrected chi connectivity index (χ4v) is 3.95. The molecule has 8 nitrogen and oxygen atoms in total. The monoisotopic (exact) mass is 326 g/mol. The second-order valence-corrected chi connectivity index (χ2v) is 7.94. The van der Waals surface area contributed by atoms with Gasteiger partial charge in [0, 0.05) is 31.6 Å². The molecule has 0 saturated carbocycles. The van der Waals surface area contributed by atoms with Crippen molar-refractivity contribution >= 4 is 15.9 Å². The summed E-state index contributed by atoms with van der Waals surface area (Å²) in [5.41, 5.74) is -0.106. The molecule has 22 heavy (non-hydrogen) atoms. The van der Waals surface area contributed by atoms with Crippen LogP contribution in [0.15, 0.2) is 12.4 Å². The molecule has 1 spiro atoms. The summed E-state index contributed by atoms with van der Waals surface area (Å²) >= 11 is 0. The molecule has 2 saturated heterocycles. The van der Waals surface area contributed by atoms with Crippen molar-refractivity contribution in [3.05, 3.63) is 18.2 Å². The molecule has 0 atom stereocenters. The van der Waals surface area contributed by atoms with Crippen molar-refractivity contribution in [1.29, 1.82) is 0 Å². The predicted octanol–water partition coefficient (Wildman–Crippen LogP) is -0.407. The summed E-state index contributed by atoms with van der Waals surface area (Å²) in [7, 11) is -1.65. The van der Waals surface area contributed by atoms with Crippen LogP contribution in [0.4, 0.5) is 0 Å². The molecule has 0 aliphatic carbocycles. The van der Waals surface area contributed by atoms with Gasteiger partial charge in [-0.3, -0.25) is 4.79 Å². The van der Waals surface area contributed by atoms with Crippen LogP contribution < -0.4 is 4.74 Å². The normalized spacial score (nSPS) is 20.9. The summed E-state index contributed by atoms with van der Waals surface area (Å²) in [6.07, 6.45) is 4.92. The number of amides is 1. The highest BCUT2D eigenvalue weighted by molar-refractivity contribution is 7.88. The number of carbonyl (C=O) groups is 1. The van der Waals surface area contributed by atoms with Crippen LogP contribution in [0.25, 0.3) is 0 Å². The van der Waals surface area contributed by atoms with E-state index in [1.54, 1.807) is 4.90 Å². The quantitative estimate of drug-likeness (QED) is 0.750. The first kappa shape index (κ1) is 15.2. The number of nitrogens with zero attached hydrogens (tertiary/aromatic N) is 4. The Kier molecular flexibility index (Phi) is 3.56. The van der Waals surface area contributed by atoms with Gasteiger partial charge in [-0.1, -0.05) is 0 Å². The molecule has 2 aliphatic rings. The Morgan fingerprint density at radius 3 is 2.41 bits per heavy atom. The fourth-order valence-electron chi connectivity index (χ4n) is 3.02. The maximum Gasteiger partial charge on any atom is 0.291 e. The van der Waals surface area contributed by atoms with Crippen LogP contribution >= 0.6 is 0 Å². The predicted molar refractivity (Wildman–Crippen MR) is 78.0 cm³/mol. The van der Waals surface area contributed by atoms with E-state index in [-0.39, 0.29) is 17.1 Å². The van der Waals surface area contributed by atoms with E-state index in [0.29, 0.717) is 31.9 Å². The Labute approximate surface area is 129 Å². The molecule has 1 aromatic heterocycles. The molecular formula is C13H18N4O4S. The third kappa shape index (κ3) is 2.66. The highest BCUT2D eigenvalue weighted by Gasteiger charge is 2.51. The molecule has 2 aliphatic heterocycles. The van der Waals surface area contributed by atoms with Gasteiger partial charge in [-0.2, -0.15) is 0 Å². The summed E-state index contributed by atoms with van der Waals surface area (Å²) in [6, 6.07) is 0. The van der Waals surface area contributed by atoms with Gasteiger partial charge in [-0.05, 0) is 6.42 Å². The third-order valence-corrected chi connectivity index (χ3v) is 5.52. The Bertz CT molecular complexity index is 682. The zero-order valence-electron chi connectivity index (χ0n) is 12.5. The minimum Gasteiger partial charge on any atom is -0.494 e. The van der Waals surface area contributed by atoms with Crippen molar-refractivity contribution in [2.24, 2.45) is 5.41 Å². The van der Waals surface area contributed by atoms with Gasteiger partial charge in [0.25, 0.3) is 5.91 Å². The number of hydrogen-bond donors (Lipinski definition) is 0. The number of rotatable bonds is 3. The van der Waals surface area contributed by atoms with E-state index in [9.17, 15) is 13.2 Å². The topological polar surface area (TPSA) is 92.7 Å². The van der Waals surface area contributed by atoms with Gasteiger partial charge in [0.05, 0.1) is 25.8 Å². The van der Waals surface area contributed by atoms with E-state index >= 15 is 0 Å². The Balaban J connectivity index is 1.62. The maximum atomic E-state index is 12.3. The van der Waals surface area contributed by atoms with Gasteiger partial charge >= 0.3 is 0 Å². The molecule has 1 amide bonds. The SMILES string of the molecule is COc1cnc(C(=O)N2CC3(CCN(S(C)(=O)=O)C3)C2)nc1. The molecule has 2 fully saturated rings. The van der Waals surface area contributed by atoms with Gasteiger partial charge in [0.1, 0.15) is 0 Å². The summed E-state index contributed by atoms with van der Waals surface area (Å²) in [4.78, 5) is 21.9. The van der Waals surface area contributed by atoms with E-state index in [4.69, 9.17) is 4.74 Å². The van der Waals surface area contributed by atoms with Crippen LogP contribution in [0.5, 0.6) is 5.75 Å². The average molecular weight is 326 g/mol. The Morgan fingerprint density at radius 1 is 1.27 bits per heavy atom. The van der Waals surface area contributed by atoms with E-state index < -0.39 is 10.0 Å². The number of sulfonamides is 1. The zero-order chi connectivity index (χ0) is 16.0. The molecule has 0 aromatic carbocycles. The van der Waals surface area contributed by atoms with E-state index in [0.717, 1.165) is 6.42 Å². The number of hydrogen-bond acceptors (Lipinski definition) is 6. The Hall–Kier alpha value is -1.74. The summed E-state index contributed by atoms with van der Waals surface area (Å²) < 4.78 is 29.6. The first-order chi connectivity index (χ1) is 10.3. The standard InChI is InChI=1S/C13H18N4O4S/c1-21-10-5-14-11(15-6-10)12(18)16-7-13(8-16)3-4-17(9-13)22(2,19)20/h5-6H,3-4,7-9H2,1-2H3. The van der Waals surface area contributed by atoms with Crippen molar-refractivity contribution in [2.75, 3.05) is 39.5 Å². The number of ether oxygens (including phenoxy) is 1. The lowest BCUT2D eigenvalue weighted by molar-refractivity contribution is 0.0126. The fraction of sp³-hybridized carbons (Fsp3) is 0.615. The van der Waals surface area contributed by atoms with Crippen molar-refractivity contribution in [1.82, 2.24) is 19.2 Å². The molecule has 1 aromatic rings. The lowest BCUT2D eigenvalue weighted by atomic mass is 9.79. The lowest BCUT2D eigenvalue weighted by Crippen LogP contribution is -2.59. The van der Waals surface area contributed by atoms with E-state index in [1.165, 1.54) is 30.1 Å².